The third-order valence-corrected chi connectivity index (χ3v) is 6.15. The average Bonchev–Trinajstić information content (AvgIpc) is 3.16. The molecule has 3 aromatic rings. The van der Waals surface area contributed by atoms with Crippen molar-refractivity contribution in [3.63, 3.8) is 0 Å². The molecule has 0 aliphatic heterocycles. The van der Waals surface area contributed by atoms with Crippen LogP contribution in [-0.2, 0) is 0 Å². The molecule has 0 saturated heterocycles. The number of ketones is 1. The molecular formula is C16H15N3OS3. The van der Waals surface area contributed by atoms with Crippen molar-refractivity contribution in [1.29, 1.82) is 0 Å². The van der Waals surface area contributed by atoms with Crippen LogP contribution in [0.4, 0.5) is 10.8 Å². The minimum Gasteiger partial charge on any atom is -0.330 e. The van der Waals surface area contributed by atoms with Gasteiger partial charge in [-0.2, -0.15) is 0 Å². The van der Waals surface area contributed by atoms with Crippen LogP contribution >= 0.6 is 34.4 Å². The first-order valence-corrected chi connectivity index (χ1v) is 9.62. The van der Waals surface area contributed by atoms with Crippen molar-refractivity contribution in [2.75, 3.05) is 11.1 Å². The van der Waals surface area contributed by atoms with Crippen molar-refractivity contribution in [3.05, 3.63) is 51.7 Å². The number of hydrogen-bond donors (Lipinski definition) is 1. The molecule has 3 rings (SSSR count). The van der Waals surface area contributed by atoms with Gasteiger partial charge in [0.1, 0.15) is 0 Å². The number of hydrogen-bond acceptors (Lipinski definition) is 7. The zero-order valence-corrected chi connectivity index (χ0v) is 15.1. The second-order valence-corrected chi connectivity index (χ2v) is 8.42. The first-order valence-electron chi connectivity index (χ1n) is 7.00. The van der Waals surface area contributed by atoms with E-state index in [2.05, 4.69) is 15.5 Å². The van der Waals surface area contributed by atoms with E-state index in [1.807, 2.05) is 50.2 Å². The summed E-state index contributed by atoms with van der Waals surface area (Å²) in [6, 6.07) is 11.9. The predicted octanol–water partition coefficient (Wildman–Crippen LogP) is 4.94. The number of nitrogens with zero attached hydrogens (tertiary/aromatic N) is 2. The standard InChI is InChI=1S/C16H15N3OS3/c1-10-5-3-4-6-12(10)17-15-18-19-16(23-15)21-9-13(20)14-8-7-11(2)22-14/h3-8H,9H2,1-2H3,(H,17,18). The Morgan fingerprint density at radius 2 is 1.96 bits per heavy atom. The number of carbonyl (C=O) groups is 1. The number of nitrogens with one attached hydrogen (secondary N) is 1. The van der Waals surface area contributed by atoms with Gasteiger partial charge in [-0.15, -0.1) is 21.5 Å². The van der Waals surface area contributed by atoms with E-state index >= 15 is 0 Å². The molecule has 0 saturated carbocycles. The maximum absolute atomic E-state index is 12.1. The molecule has 4 nitrogen and oxygen atoms in total. The molecule has 23 heavy (non-hydrogen) atoms. The van der Waals surface area contributed by atoms with Crippen LogP contribution < -0.4 is 5.32 Å². The second-order valence-electron chi connectivity index (χ2n) is 4.94. The zero-order chi connectivity index (χ0) is 16.2. The number of aryl methyl sites for hydroxylation is 2. The number of para-hydroxylation sites is 1. The number of anilines is 2. The van der Waals surface area contributed by atoms with Crippen LogP contribution in [0, 0.1) is 13.8 Å². The SMILES string of the molecule is Cc1ccc(C(=O)CSc2nnc(Nc3ccccc3C)s2)s1. The Morgan fingerprint density at radius 1 is 1.13 bits per heavy atom. The van der Waals surface area contributed by atoms with E-state index in [1.165, 1.54) is 34.4 Å². The summed E-state index contributed by atoms with van der Waals surface area (Å²) in [7, 11) is 0. The lowest BCUT2D eigenvalue weighted by Crippen LogP contribution is -1.98. The van der Waals surface area contributed by atoms with Gasteiger partial charge in [0.05, 0.1) is 10.6 Å². The van der Waals surface area contributed by atoms with Crippen molar-refractivity contribution >= 4 is 51.0 Å². The van der Waals surface area contributed by atoms with E-state index in [-0.39, 0.29) is 5.78 Å². The van der Waals surface area contributed by atoms with Crippen molar-refractivity contribution in [3.8, 4) is 0 Å². The van der Waals surface area contributed by atoms with Crippen LogP contribution in [0.1, 0.15) is 20.1 Å². The van der Waals surface area contributed by atoms with Gasteiger partial charge in [-0.1, -0.05) is 41.3 Å². The third kappa shape index (κ3) is 4.19. The van der Waals surface area contributed by atoms with Crippen molar-refractivity contribution in [1.82, 2.24) is 10.2 Å². The lowest BCUT2D eigenvalue weighted by atomic mass is 10.2. The number of thiophene rings is 1. The molecule has 2 aromatic heterocycles. The summed E-state index contributed by atoms with van der Waals surface area (Å²) >= 11 is 4.42. The molecule has 0 atom stereocenters. The average molecular weight is 362 g/mol. The van der Waals surface area contributed by atoms with Gasteiger partial charge in [0.15, 0.2) is 10.1 Å². The lowest BCUT2D eigenvalue weighted by molar-refractivity contribution is 0.102. The topological polar surface area (TPSA) is 54.9 Å². The Balaban J connectivity index is 1.59. The molecule has 0 spiro atoms. The first kappa shape index (κ1) is 16.2. The van der Waals surface area contributed by atoms with Gasteiger partial charge in [-0.3, -0.25) is 4.79 Å². The van der Waals surface area contributed by atoms with Crippen molar-refractivity contribution < 1.29 is 4.79 Å². The van der Waals surface area contributed by atoms with E-state index < -0.39 is 0 Å². The van der Waals surface area contributed by atoms with Gasteiger partial charge in [-0.05, 0) is 37.6 Å². The first-order chi connectivity index (χ1) is 11.1. The van der Waals surface area contributed by atoms with E-state index in [4.69, 9.17) is 0 Å². The van der Waals surface area contributed by atoms with Gasteiger partial charge < -0.3 is 5.32 Å². The van der Waals surface area contributed by atoms with Crippen LogP contribution in [0.5, 0.6) is 0 Å². The van der Waals surface area contributed by atoms with E-state index in [0.29, 0.717) is 5.75 Å². The molecule has 0 bridgehead atoms. The van der Waals surface area contributed by atoms with Crippen LogP contribution in [0.15, 0.2) is 40.7 Å². The van der Waals surface area contributed by atoms with Crippen LogP contribution in [0.3, 0.4) is 0 Å². The van der Waals surface area contributed by atoms with Crippen molar-refractivity contribution in [2.24, 2.45) is 0 Å². The highest BCUT2D eigenvalue weighted by atomic mass is 32.2. The number of benzene rings is 1. The fraction of sp³-hybridized carbons (Fsp3) is 0.188. The zero-order valence-electron chi connectivity index (χ0n) is 12.7. The molecule has 2 heterocycles. The Kier molecular flexibility index (Phi) is 5.09. The number of aromatic nitrogens is 2. The van der Waals surface area contributed by atoms with E-state index in [9.17, 15) is 4.79 Å². The molecule has 1 aromatic carbocycles. The summed E-state index contributed by atoms with van der Waals surface area (Å²) in [6.45, 7) is 4.05. The van der Waals surface area contributed by atoms with Gasteiger partial charge in [0.2, 0.25) is 5.13 Å². The quantitative estimate of drug-likeness (QED) is 0.498. The van der Waals surface area contributed by atoms with Crippen LogP contribution in [-0.4, -0.2) is 21.7 Å². The molecule has 0 aliphatic rings. The third-order valence-electron chi connectivity index (χ3n) is 3.14. The summed E-state index contributed by atoms with van der Waals surface area (Å²) < 4.78 is 0.794. The number of carbonyl (C=O) groups excluding carboxylic acids is 1. The molecule has 0 unspecified atom stereocenters. The number of thioether (sulfide) groups is 1. The maximum atomic E-state index is 12.1. The fourth-order valence-corrected chi connectivity index (χ4v) is 4.47. The summed E-state index contributed by atoms with van der Waals surface area (Å²) in [6.07, 6.45) is 0. The minimum absolute atomic E-state index is 0.136. The molecule has 7 heteroatoms. The summed E-state index contributed by atoms with van der Waals surface area (Å²) in [5.74, 6) is 0.524. The summed E-state index contributed by atoms with van der Waals surface area (Å²) in [4.78, 5) is 14.1. The fourth-order valence-electron chi connectivity index (χ4n) is 1.93. The van der Waals surface area contributed by atoms with E-state index in [1.54, 1.807) is 0 Å². The molecule has 0 radical (unpaired) electrons. The highest BCUT2D eigenvalue weighted by Crippen LogP contribution is 2.29. The largest absolute Gasteiger partial charge is 0.330 e. The second kappa shape index (κ2) is 7.25. The number of rotatable bonds is 6. The van der Waals surface area contributed by atoms with Gasteiger partial charge in [0.25, 0.3) is 0 Å². The predicted molar refractivity (Wildman–Crippen MR) is 98.5 cm³/mol. The normalized spacial score (nSPS) is 10.7. The van der Waals surface area contributed by atoms with E-state index in [0.717, 1.165) is 30.5 Å². The molecule has 1 N–H and O–H groups in total. The Labute approximate surface area is 147 Å². The van der Waals surface area contributed by atoms with Gasteiger partial charge in [0, 0.05) is 10.6 Å². The molecule has 118 valence electrons. The Morgan fingerprint density at radius 3 is 2.70 bits per heavy atom. The van der Waals surface area contributed by atoms with Crippen LogP contribution in [0.2, 0.25) is 0 Å². The molecule has 0 fully saturated rings. The lowest BCUT2D eigenvalue weighted by Gasteiger charge is -2.04. The molecule has 0 amide bonds. The monoisotopic (exact) mass is 361 g/mol. The minimum atomic E-state index is 0.136. The molecule has 0 aliphatic carbocycles. The number of Topliss-reactive ketones (excluding diaryl/α,β-unsaturated/α-hetero) is 1. The van der Waals surface area contributed by atoms with Gasteiger partial charge >= 0.3 is 0 Å². The summed E-state index contributed by atoms with van der Waals surface area (Å²) in [5, 5.41) is 12.3. The maximum Gasteiger partial charge on any atom is 0.210 e. The Hall–Kier alpha value is -1.70. The van der Waals surface area contributed by atoms with Crippen molar-refractivity contribution in [2.45, 2.75) is 18.2 Å². The molecular weight excluding hydrogens is 346 g/mol. The summed E-state index contributed by atoms with van der Waals surface area (Å²) in [5.41, 5.74) is 2.17. The Bertz CT molecular complexity index is 825. The van der Waals surface area contributed by atoms with Crippen LogP contribution in [0.25, 0.3) is 0 Å². The smallest absolute Gasteiger partial charge is 0.210 e. The highest BCUT2D eigenvalue weighted by Gasteiger charge is 2.12. The highest BCUT2D eigenvalue weighted by molar-refractivity contribution is 8.01. The van der Waals surface area contributed by atoms with Gasteiger partial charge in [-0.25, -0.2) is 0 Å².